The van der Waals surface area contributed by atoms with Gasteiger partial charge in [-0.05, 0) is 41.8 Å². The van der Waals surface area contributed by atoms with Crippen molar-refractivity contribution >= 4 is 11.6 Å². The van der Waals surface area contributed by atoms with E-state index in [0.29, 0.717) is 12.1 Å². The number of para-hydroxylation sites is 1. The number of benzene rings is 2. The Morgan fingerprint density at radius 3 is 2.48 bits per heavy atom. The summed E-state index contributed by atoms with van der Waals surface area (Å²) in [6.07, 6.45) is 2.42. The third kappa shape index (κ3) is 4.44. The molecule has 3 aromatic rings. The van der Waals surface area contributed by atoms with Gasteiger partial charge in [0.15, 0.2) is 0 Å². The standard InChI is InChI=1S/C22H22N2O3/c1-3-17-6-4-5-7-20(17)23-22(26)18-10-13-21(25)24(15-18)14-16-8-11-19(27-2)12-9-16/h4-13,15H,3,14H2,1-2H3,(H,23,26). The van der Waals surface area contributed by atoms with E-state index in [0.717, 1.165) is 29.0 Å². The van der Waals surface area contributed by atoms with Crippen LogP contribution in [-0.4, -0.2) is 17.6 Å². The fourth-order valence-electron chi connectivity index (χ4n) is 2.86. The first-order chi connectivity index (χ1) is 13.1. The first-order valence-electron chi connectivity index (χ1n) is 8.83. The zero-order valence-corrected chi connectivity index (χ0v) is 15.4. The number of methoxy groups -OCH3 is 1. The highest BCUT2D eigenvalue weighted by Crippen LogP contribution is 2.17. The van der Waals surface area contributed by atoms with E-state index in [4.69, 9.17) is 4.74 Å². The lowest BCUT2D eigenvalue weighted by atomic mass is 10.1. The molecule has 138 valence electrons. The average molecular weight is 362 g/mol. The van der Waals surface area contributed by atoms with Gasteiger partial charge in [0.25, 0.3) is 11.5 Å². The molecule has 5 nitrogen and oxygen atoms in total. The lowest BCUT2D eigenvalue weighted by Crippen LogP contribution is -2.22. The molecule has 0 bridgehead atoms. The Balaban J connectivity index is 1.81. The average Bonchev–Trinajstić information content (AvgIpc) is 2.70. The van der Waals surface area contributed by atoms with Crippen LogP contribution in [0.15, 0.2) is 71.7 Å². The topological polar surface area (TPSA) is 60.3 Å². The molecule has 0 saturated carbocycles. The Hall–Kier alpha value is -3.34. The molecule has 1 heterocycles. The second kappa shape index (κ2) is 8.36. The maximum Gasteiger partial charge on any atom is 0.257 e. The normalized spacial score (nSPS) is 10.4. The summed E-state index contributed by atoms with van der Waals surface area (Å²) in [5, 5.41) is 2.93. The third-order valence-electron chi connectivity index (χ3n) is 4.40. The van der Waals surface area contributed by atoms with E-state index in [1.165, 1.54) is 10.6 Å². The Kier molecular flexibility index (Phi) is 5.71. The van der Waals surface area contributed by atoms with E-state index in [-0.39, 0.29) is 11.5 Å². The molecule has 0 aliphatic rings. The molecular weight excluding hydrogens is 340 g/mol. The number of anilines is 1. The van der Waals surface area contributed by atoms with Gasteiger partial charge >= 0.3 is 0 Å². The van der Waals surface area contributed by atoms with E-state index < -0.39 is 0 Å². The fourth-order valence-corrected chi connectivity index (χ4v) is 2.86. The summed E-state index contributed by atoms with van der Waals surface area (Å²) in [5.74, 6) is 0.521. The summed E-state index contributed by atoms with van der Waals surface area (Å²) in [6, 6.07) is 18.2. The molecule has 1 N–H and O–H groups in total. The molecule has 5 heteroatoms. The number of aryl methyl sites for hydroxylation is 1. The van der Waals surface area contributed by atoms with Crippen LogP contribution in [0.2, 0.25) is 0 Å². The first-order valence-corrected chi connectivity index (χ1v) is 8.83. The van der Waals surface area contributed by atoms with Crippen molar-refractivity contribution in [2.75, 3.05) is 12.4 Å². The number of ether oxygens (including phenoxy) is 1. The van der Waals surface area contributed by atoms with E-state index in [1.54, 1.807) is 19.4 Å². The molecule has 1 aromatic heterocycles. The van der Waals surface area contributed by atoms with Gasteiger partial charge in [0.05, 0.1) is 19.2 Å². The number of carbonyl (C=O) groups excluding carboxylic acids is 1. The zero-order valence-electron chi connectivity index (χ0n) is 15.4. The van der Waals surface area contributed by atoms with Gasteiger partial charge in [-0.15, -0.1) is 0 Å². The summed E-state index contributed by atoms with van der Waals surface area (Å²) < 4.78 is 6.68. The van der Waals surface area contributed by atoms with E-state index in [9.17, 15) is 9.59 Å². The van der Waals surface area contributed by atoms with Gasteiger partial charge in [-0.1, -0.05) is 37.3 Å². The third-order valence-corrected chi connectivity index (χ3v) is 4.40. The fraction of sp³-hybridized carbons (Fsp3) is 0.182. The Bertz CT molecular complexity index is 991. The minimum Gasteiger partial charge on any atom is -0.497 e. The van der Waals surface area contributed by atoms with Crippen LogP contribution in [-0.2, 0) is 13.0 Å². The molecule has 0 saturated heterocycles. The summed E-state index contributed by atoms with van der Waals surface area (Å²) in [6.45, 7) is 2.43. The van der Waals surface area contributed by atoms with Gasteiger partial charge in [0.1, 0.15) is 5.75 Å². The number of nitrogens with one attached hydrogen (secondary N) is 1. The molecule has 0 spiro atoms. The number of rotatable bonds is 6. The highest BCUT2D eigenvalue weighted by Gasteiger charge is 2.10. The van der Waals surface area contributed by atoms with E-state index in [2.05, 4.69) is 5.32 Å². The monoisotopic (exact) mass is 362 g/mol. The van der Waals surface area contributed by atoms with Crippen molar-refractivity contribution < 1.29 is 9.53 Å². The summed E-state index contributed by atoms with van der Waals surface area (Å²) in [5.41, 5.74) is 3.09. The SMILES string of the molecule is CCc1ccccc1NC(=O)c1ccc(=O)n(Cc2ccc(OC)cc2)c1. The van der Waals surface area contributed by atoms with E-state index >= 15 is 0 Å². The lowest BCUT2D eigenvalue weighted by molar-refractivity contribution is 0.102. The molecule has 0 fully saturated rings. The quantitative estimate of drug-likeness (QED) is 0.727. The highest BCUT2D eigenvalue weighted by molar-refractivity contribution is 6.04. The van der Waals surface area contributed by atoms with Crippen LogP contribution < -0.4 is 15.6 Å². The van der Waals surface area contributed by atoms with Crippen molar-refractivity contribution in [1.29, 1.82) is 0 Å². The molecule has 27 heavy (non-hydrogen) atoms. The number of hydrogen-bond acceptors (Lipinski definition) is 3. The molecule has 1 amide bonds. The summed E-state index contributed by atoms with van der Waals surface area (Å²) >= 11 is 0. The molecule has 2 aromatic carbocycles. The van der Waals surface area contributed by atoms with Crippen molar-refractivity contribution in [2.24, 2.45) is 0 Å². The highest BCUT2D eigenvalue weighted by atomic mass is 16.5. The number of amides is 1. The largest absolute Gasteiger partial charge is 0.497 e. The second-order valence-corrected chi connectivity index (χ2v) is 6.20. The number of hydrogen-bond donors (Lipinski definition) is 1. The van der Waals surface area contributed by atoms with Gasteiger partial charge in [-0.2, -0.15) is 0 Å². The Morgan fingerprint density at radius 1 is 1.04 bits per heavy atom. The van der Waals surface area contributed by atoms with Crippen LogP contribution in [0.3, 0.4) is 0 Å². The molecule has 3 rings (SSSR count). The van der Waals surface area contributed by atoms with Crippen LogP contribution >= 0.6 is 0 Å². The van der Waals surface area contributed by atoms with Crippen molar-refractivity contribution in [1.82, 2.24) is 4.57 Å². The van der Waals surface area contributed by atoms with Crippen molar-refractivity contribution in [3.63, 3.8) is 0 Å². The van der Waals surface area contributed by atoms with Crippen LogP contribution in [0.4, 0.5) is 5.69 Å². The summed E-state index contributed by atoms with van der Waals surface area (Å²) in [7, 11) is 1.61. The number of pyridine rings is 1. The Labute approximate surface area is 158 Å². The van der Waals surface area contributed by atoms with Crippen LogP contribution in [0.1, 0.15) is 28.4 Å². The van der Waals surface area contributed by atoms with Gasteiger partial charge in [-0.25, -0.2) is 0 Å². The van der Waals surface area contributed by atoms with Crippen LogP contribution in [0.25, 0.3) is 0 Å². The number of nitrogens with zero attached hydrogens (tertiary/aromatic N) is 1. The molecule has 0 unspecified atom stereocenters. The van der Waals surface area contributed by atoms with Crippen molar-refractivity contribution in [3.05, 3.63) is 93.9 Å². The van der Waals surface area contributed by atoms with Crippen molar-refractivity contribution in [3.8, 4) is 5.75 Å². The zero-order chi connectivity index (χ0) is 19.2. The molecule has 0 aliphatic carbocycles. The molecular formula is C22H22N2O3. The van der Waals surface area contributed by atoms with Gasteiger partial charge < -0.3 is 14.6 Å². The Morgan fingerprint density at radius 2 is 1.78 bits per heavy atom. The number of aromatic nitrogens is 1. The summed E-state index contributed by atoms with van der Waals surface area (Å²) in [4.78, 5) is 24.8. The van der Waals surface area contributed by atoms with E-state index in [1.807, 2.05) is 55.5 Å². The number of carbonyl (C=O) groups is 1. The van der Waals surface area contributed by atoms with Crippen molar-refractivity contribution in [2.45, 2.75) is 19.9 Å². The molecule has 0 atom stereocenters. The smallest absolute Gasteiger partial charge is 0.257 e. The minimum atomic E-state index is -0.237. The lowest BCUT2D eigenvalue weighted by Gasteiger charge is -2.11. The molecule has 0 aliphatic heterocycles. The maximum absolute atomic E-state index is 12.6. The van der Waals surface area contributed by atoms with Crippen LogP contribution in [0.5, 0.6) is 5.75 Å². The molecule has 0 radical (unpaired) electrons. The van der Waals surface area contributed by atoms with Gasteiger partial charge in [0, 0.05) is 18.0 Å². The minimum absolute atomic E-state index is 0.156. The van der Waals surface area contributed by atoms with Crippen LogP contribution in [0, 0.1) is 0 Å². The first kappa shape index (κ1) is 18.5. The maximum atomic E-state index is 12.6. The van der Waals surface area contributed by atoms with Gasteiger partial charge in [0.2, 0.25) is 0 Å². The predicted octanol–water partition coefficient (Wildman–Crippen LogP) is 3.72. The predicted molar refractivity (Wildman–Crippen MR) is 107 cm³/mol. The second-order valence-electron chi connectivity index (χ2n) is 6.20. The van der Waals surface area contributed by atoms with Gasteiger partial charge in [-0.3, -0.25) is 9.59 Å².